The first-order valence-electron chi connectivity index (χ1n) is 9.26. The number of allylic oxidation sites excluding steroid dienone is 1. The summed E-state index contributed by atoms with van der Waals surface area (Å²) in [6.07, 6.45) is 8.75. The highest BCUT2D eigenvalue weighted by atomic mass is 14.9. The van der Waals surface area contributed by atoms with E-state index in [0.29, 0.717) is 0 Å². The predicted molar refractivity (Wildman–Crippen MR) is 99.4 cm³/mol. The van der Waals surface area contributed by atoms with Gasteiger partial charge in [0.05, 0.1) is 0 Å². The summed E-state index contributed by atoms with van der Waals surface area (Å²) >= 11 is 0. The molecule has 1 atom stereocenters. The SMILES string of the molecule is C=C(NCCC)C1(CCCCC)CCc2ccccc21.CC. The topological polar surface area (TPSA) is 12.0 Å². The Morgan fingerprint density at radius 1 is 1.14 bits per heavy atom. The number of aryl methyl sites for hydroxylation is 1. The molecule has 0 bridgehead atoms. The number of benzene rings is 1. The molecule has 0 aliphatic heterocycles. The van der Waals surface area contributed by atoms with Crippen LogP contribution in [0, 0.1) is 0 Å². The van der Waals surface area contributed by atoms with Gasteiger partial charge in [0, 0.05) is 17.7 Å². The Hall–Kier alpha value is -1.24. The van der Waals surface area contributed by atoms with Crippen LogP contribution in [0.15, 0.2) is 36.5 Å². The van der Waals surface area contributed by atoms with Crippen molar-refractivity contribution in [3.8, 4) is 0 Å². The highest BCUT2D eigenvalue weighted by Gasteiger charge is 2.40. The fourth-order valence-corrected chi connectivity index (χ4v) is 3.53. The number of hydrogen-bond acceptors (Lipinski definition) is 1. The minimum atomic E-state index is 0.181. The van der Waals surface area contributed by atoms with E-state index in [1.807, 2.05) is 13.8 Å². The van der Waals surface area contributed by atoms with Crippen LogP contribution in [0.4, 0.5) is 0 Å². The predicted octanol–water partition coefficient (Wildman–Crippen LogP) is 5.99. The van der Waals surface area contributed by atoms with Gasteiger partial charge in [0.15, 0.2) is 0 Å². The molecule has 1 aromatic carbocycles. The van der Waals surface area contributed by atoms with E-state index in [1.54, 1.807) is 0 Å². The van der Waals surface area contributed by atoms with E-state index in [1.165, 1.54) is 55.3 Å². The Morgan fingerprint density at radius 2 is 1.86 bits per heavy atom. The molecule has 0 radical (unpaired) electrons. The molecule has 0 saturated heterocycles. The van der Waals surface area contributed by atoms with Gasteiger partial charge in [-0.1, -0.05) is 77.8 Å². The zero-order valence-corrected chi connectivity index (χ0v) is 15.2. The molecule has 0 amide bonds. The molecular weight excluding hydrogens is 266 g/mol. The van der Waals surface area contributed by atoms with Crippen molar-refractivity contribution in [1.29, 1.82) is 0 Å². The minimum absolute atomic E-state index is 0.181. The Morgan fingerprint density at radius 3 is 2.55 bits per heavy atom. The summed E-state index contributed by atoms with van der Waals surface area (Å²) < 4.78 is 0. The van der Waals surface area contributed by atoms with E-state index in [2.05, 4.69) is 50.0 Å². The Bertz CT molecular complexity index is 449. The van der Waals surface area contributed by atoms with Gasteiger partial charge in [0.1, 0.15) is 0 Å². The summed E-state index contributed by atoms with van der Waals surface area (Å²) in [6, 6.07) is 8.98. The van der Waals surface area contributed by atoms with Crippen LogP contribution in [0.5, 0.6) is 0 Å². The molecule has 0 spiro atoms. The third-order valence-corrected chi connectivity index (χ3v) is 4.73. The maximum Gasteiger partial charge on any atom is 0.0350 e. The normalized spacial score (nSPS) is 19.1. The lowest BCUT2D eigenvalue weighted by atomic mass is 9.75. The first-order chi connectivity index (χ1) is 10.7. The zero-order chi connectivity index (χ0) is 16.4. The second-order valence-electron chi connectivity index (χ2n) is 6.10. The molecule has 1 aromatic rings. The van der Waals surface area contributed by atoms with E-state index in [4.69, 9.17) is 0 Å². The van der Waals surface area contributed by atoms with Gasteiger partial charge in [0.25, 0.3) is 0 Å². The van der Waals surface area contributed by atoms with Crippen molar-refractivity contribution in [2.24, 2.45) is 0 Å². The quantitative estimate of drug-likeness (QED) is 0.581. The molecule has 1 unspecified atom stereocenters. The standard InChI is InChI=1S/C19H29N.C2H6/c1-4-6-9-13-19(16(3)20-15-5-2)14-12-17-10-7-8-11-18(17)19;1-2/h7-8,10-11,20H,3-6,9,12-15H2,1-2H3;1-2H3. The number of fused-ring (bicyclic) bond motifs is 1. The summed E-state index contributed by atoms with van der Waals surface area (Å²) in [5, 5.41) is 3.59. The molecule has 124 valence electrons. The second-order valence-corrected chi connectivity index (χ2v) is 6.10. The maximum absolute atomic E-state index is 4.41. The molecule has 2 rings (SSSR count). The van der Waals surface area contributed by atoms with E-state index in [-0.39, 0.29) is 5.41 Å². The molecule has 0 heterocycles. The van der Waals surface area contributed by atoms with Crippen LogP contribution >= 0.6 is 0 Å². The van der Waals surface area contributed by atoms with Crippen molar-refractivity contribution in [3.05, 3.63) is 47.7 Å². The van der Waals surface area contributed by atoms with Crippen molar-refractivity contribution >= 4 is 0 Å². The fourth-order valence-electron chi connectivity index (χ4n) is 3.53. The third kappa shape index (κ3) is 4.15. The van der Waals surface area contributed by atoms with Crippen LogP contribution < -0.4 is 5.32 Å². The van der Waals surface area contributed by atoms with Gasteiger partial charge in [-0.2, -0.15) is 0 Å². The smallest absolute Gasteiger partial charge is 0.0350 e. The minimum Gasteiger partial charge on any atom is -0.388 e. The highest BCUT2D eigenvalue weighted by molar-refractivity contribution is 5.45. The van der Waals surface area contributed by atoms with Crippen molar-refractivity contribution in [3.63, 3.8) is 0 Å². The Kier molecular flexibility index (Phi) is 8.30. The van der Waals surface area contributed by atoms with Crippen LogP contribution in [0.2, 0.25) is 0 Å². The largest absolute Gasteiger partial charge is 0.388 e. The molecule has 1 aliphatic carbocycles. The van der Waals surface area contributed by atoms with Gasteiger partial charge < -0.3 is 5.32 Å². The molecule has 22 heavy (non-hydrogen) atoms. The van der Waals surface area contributed by atoms with Crippen molar-refractivity contribution in [2.75, 3.05) is 6.54 Å². The molecule has 0 aromatic heterocycles. The average Bonchev–Trinajstić information content (AvgIpc) is 2.95. The van der Waals surface area contributed by atoms with Crippen LogP contribution in [-0.2, 0) is 11.8 Å². The molecule has 1 nitrogen and oxygen atoms in total. The molecule has 0 fully saturated rings. The van der Waals surface area contributed by atoms with Gasteiger partial charge in [-0.05, 0) is 36.8 Å². The molecule has 1 aliphatic rings. The van der Waals surface area contributed by atoms with Crippen LogP contribution in [0.3, 0.4) is 0 Å². The number of nitrogens with one attached hydrogen (secondary N) is 1. The van der Waals surface area contributed by atoms with Crippen LogP contribution in [0.1, 0.15) is 77.3 Å². The van der Waals surface area contributed by atoms with E-state index < -0.39 is 0 Å². The van der Waals surface area contributed by atoms with Crippen LogP contribution in [0.25, 0.3) is 0 Å². The van der Waals surface area contributed by atoms with Gasteiger partial charge in [-0.25, -0.2) is 0 Å². The summed E-state index contributed by atoms with van der Waals surface area (Å²) in [5.74, 6) is 0. The summed E-state index contributed by atoms with van der Waals surface area (Å²) in [7, 11) is 0. The molecular formula is C21H35N. The Balaban J connectivity index is 0.00000116. The van der Waals surface area contributed by atoms with E-state index in [9.17, 15) is 0 Å². The van der Waals surface area contributed by atoms with Crippen molar-refractivity contribution < 1.29 is 0 Å². The lowest BCUT2D eigenvalue weighted by Gasteiger charge is -2.34. The van der Waals surface area contributed by atoms with Gasteiger partial charge >= 0.3 is 0 Å². The van der Waals surface area contributed by atoms with E-state index in [0.717, 1.165) is 13.0 Å². The van der Waals surface area contributed by atoms with Gasteiger partial charge in [-0.3, -0.25) is 0 Å². The second kappa shape index (κ2) is 9.71. The first kappa shape index (κ1) is 18.8. The monoisotopic (exact) mass is 301 g/mol. The fraction of sp³-hybridized carbons (Fsp3) is 0.619. The molecule has 1 heteroatoms. The highest BCUT2D eigenvalue weighted by Crippen LogP contribution is 2.46. The Labute approximate surface area is 138 Å². The lowest BCUT2D eigenvalue weighted by molar-refractivity contribution is 0.410. The first-order valence-corrected chi connectivity index (χ1v) is 9.26. The maximum atomic E-state index is 4.41. The number of rotatable bonds is 8. The number of hydrogen-bond donors (Lipinski definition) is 1. The van der Waals surface area contributed by atoms with Crippen LogP contribution in [-0.4, -0.2) is 6.54 Å². The molecule has 1 N–H and O–H groups in total. The number of unbranched alkanes of at least 4 members (excludes halogenated alkanes) is 2. The third-order valence-electron chi connectivity index (χ3n) is 4.73. The average molecular weight is 302 g/mol. The van der Waals surface area contributed by atoms with Gasteiger partial charge in [0.2, 0.25) is 0 Å². The lowest BCUT2D eigenvalue weighted by Crippen LogP contribution is -2.34. The van der Waals surface area contributed by atoms with Crippen molar-refractivity contribution in [1.82, 2.24) is 5.32 Å². The summed E-state index contributed by atoms with van der Waals surface area (Å²) in [6.45, 7) is 13.9. The summed E-state index contributed by atoms with van der Waals surface area (Å²) in [5.41, 5.74) is 4.49. The van der Waals surface area contributed by atoms with Crippen molar-refractivity contribution in [2.45, 2.75) is 78.1 Å². The van der Waals surface area contributed by atoms with Gasteiger partial charge in [-0.15, -0.1) is 0 Å². The zero-order valence-electron chi connectivity index (χ0n) is 15.2. The molecule has 0 saturated carbocycles. The van der Waals surface area contributed by atoms with E-state index >= 15 is 0 Å². The summed E-state index contributed by atoms with van der Waals surface area (Å²) in [4.78, 5) is 0.